The summed E-state index contributed by atoms with van der Waals surface area (Å²) in [5.41, 5.74) is 2.12. The van der Waals surface area contributed by atoms with Crippen molar-refractivity contribution in [3.8, 4) is 0 Å². The van der Waals surface area contributed by atoms with E-state index in [4.69, 9.17) is 0 Å². The molecule has 2 aromatic carbocycles. The number of benzene rings is 2. The molecule has 2 aromatic rings. The molecule has 2 N–H and O–H groups in total. The van der Waals surface area contributed by atoms with Gasteiger partial charge < -0.3 is 5.32 Å². The van der Waals surface area contributed by atoms with Gasteiger partial charge in [-0.15, -0.1) is 0 Å². The van der Waals surface area contributed by atoms with Crippen molar-refractivity contribution in [2.24, 2.45) is 0 Å². The van der Waals surface area contributed by atoms with Crippen molar-refractivity contribution in [3.63, 3.8) is 0 Å². The van der Waals surface area contributed by atoms with Crippen molar-refractivity contribution in [2.45, 2.75) is 70.1 Å². The van der Waals surface area contributed by atoms with E-state index in [1.807, 2.05) is 6.92 Å². The summed E-state index contributed by atoms with van der Waals surface area (Å²) in [6.07, 6.45) is 8.73. The Morgan fingerprint density at radius 2 is 1.34 bits per heavy atom. The molecule has 0 atom stereocenters. The minimum absolute atomic E-state index is 0.00783. The number of hydrogen-bond donors (Lipinski definition) is 2. The lowest BCUT2D eigenvalue weighted by Gasteiger charge is -2.10. The lowest BCUT2D eigenvalue weighted by Crippen LogP contribution is -2.13. The van der Waals surface area contributed by atoms with E-state index in [2.05, 4.69) is 17.0 Å². The summed E-state index contributed by atoms with van der Waals surface area (Å²) in [6.45, 7) is 4.11. The van der Waals surface area contributed by atoms with Gasteiger partial charge in [-0.3, -0.25) is 9.52 Å². The Kier molecular flexibility index (Phi) is 9.19. The Morgan fingerprint density at radius 1 is 0.793 bits per heavy atom. The summed E-state index contributed by atoms with van der Waals surface area (Å²) in [4.78, 5) is 12.3. The largest absolute Gasteiger partial charge is 0.326 e. The highest BCUT2D eigenvalue weighted by Crippen LogP contribution is 2.19. The lowest BCUT2D eigenvalue weighted by atomic mass is 10.1. The van der Waals surface area contributed by atoms with Gasteiger partial charge >= 0.3 is 0 Å². The third kappa shape index (κ3) is 8.28. The standard InChI is InChI=1S/C23H32N2O3S/c1-3-4-5-6-7-8-9-10-23(26)24-20-13-15-21(16-14-20)25-29(27,28)22-17-11-19(2)12-18-22/h11-18,25H,3-10H2,1-2H3,(H,24,26). The first-order valence-corrected chi connectivity index (χ1v) is 11.9. The number of amides is 1. The fourth-order valence-corrected chi connectivity index (χ4v) is 4.08. The molecule has 0 aliphatic rings. The van der Waals surface area contributed by atoms with Crippen LogP contribution < -0.4 is 10.0 Å². The highest BCUT2D eigenvalue weighted by Gasteiger charge is 2.13. The third-order valence-corrected chi connectivity index (χ3v) is 6.16. The van der Waals surface area contributed by atoms with Crippen molar-refractivity contribution in [1.82, 2.24) is 0 Å². The molecule has 0 aliphatic carbocycles. The molecule has 29 heavy (non-hydrogen) atoms. The molecule has 158 valence electrons. The topological polar surface area (TPSA) is 75.3 Å². The molecule has 6 heteroatoms. The molecule has 5 nitrogen and oxygen atoms in total. The van der Waals surface area contributed by atoms with E-state index in [-0.39, 0.29) is 10.8 Å². The normalized spacial score (nSPS) is 11.2. The number of hydrogen-bond acceptors (Lipinski definition) is 3. The van der Waals surface area contributed by atoms with Crippen LogP contribution in [0.3, 0.4) is 0 Å². The van der Waals surface area contributed by atoms with E-state index >= 15 is 0 Å². The summed E-state index contributed by atoms with van der Waals surface area (Å²) in [5.74, 6) is -0.00783. The first-order chi connectivity index (χ1) is 13.9. The number of rotatable bonds is 12. The Bertz CT molecular complexity index is 860. The third-order valence-electron chi connectivity index (χ3n) is 4.76. The van der Waals surface area contributed by atoms with Crippen LogP contribution in [0, 0.1) is 6.92 Å². The lowest BCUT2D eigenvalue weighted by molar-refractivity contribution is -0.116. The average molecular weight is 417 g/mol. The zero-order chi connectivity index (χ0) is 21.1. The summed E-state index contributed by atoms with van der Waals surface area (Å²) < 4.78 is 27.4. The molecule has 0 heterocycles. The molecule has 0 saturated carbocycles. The number of carbonyl (C=O) groups is 1. The van der Waals surface area contributed by atoms with Crippen LogP contribution in [0.5, 0.6) is 0 Å². The van der Waals surface area contributed by atoms with Crippen molar-refractivity contribution in [3.05, 3.63) is 54.1 Å². The predicted molar refractivity (Wildman–Crippen MR) is 120 cm³/mol. The van der Waals surface area contributed by atoms with Gasteiger partial charge in [-0.2, -0.15) is 0 Å². The monoisotopic (exact) mass is 416 g/mol. The SMILES string of the molecule is CCCCCCCCCC(=O)Nc1ccc(NS(=O)(=O)c2ccc(C)cc2)cc1. The second-order valence-electron chi connectivity index (χ2n) is 7.42. The smallest absolute Gasteiger partial charge is 0.261 e. The maximum absolute atomic E-state index is 12.4. The van der Waals surface area contributed by atoms with Crippen LogP contribution in [-0.2, 0) is 14.8 Å². The van der Waals surface area contributed by atoms with Gasteiger partial charge in [0.05, 0.1) is 4.90 Å². The number of anilines is 2. The van der Waals surface area contributed by atoms with E-state index in [9.17, 15) is 13.2 Å². The first kappa shape index (κ1) is 22.9. The van der Waals surface area contributed by atoms with Gasteiger partial charge in [0.1, 0.15) is 0 Å². The molecular formula is C23H32N2O3S. The first-order valence-electron chi connectivity index (χ1n) is 10.4. The highest BCUT2D eigenvalue weighted by atomic mass is 32.2. The van der Waals surface area contributed by atoms with Gasteiger partial charge in [0.15, 0.2) is 0 Å². The van der Waals surface area contributed by atoms with Crippen molar-refractivity contribution in [2.75, 3.05) is 10.0 Å². The molecule has 0 saturated heterocycles. The maximum atomic E-state index is 12.4. The number of aryl methyl sites for hydroxylation is 1. The van der Waals surface area contributed by atoms with Crippen molar-refractivity contribution in [1.29, 1.82) is 0 Å². The van der Waals surface area contributed by atoms with Gasteiger partial charge in [0.25, 0.3) is 10.0 Å². The van der Waals surface area contributed by atoms with Crippen LogP contribution in [0.15, 0.2) is 53.4 Å². The zero-order valence-corrected chi connectivity index (χ0v) is 18.2. The molecule has 0 radical (unpaired) electrons. The van der Waals surface area contributed by atoms with Crippen LogP contribution in [0.1, 0.15) is 63.9 Å². The van der Waals surface area contributed by atoms with Crippen LogP contribution in [0.4, 0.5) is 11.4 Å². The van der Waals surface area contributed by atoms with Crippen LogP contribution in [0.25, 0.3) is 0 Å². The molecule has 1 amide bonds. The quantitative estimate of drug-likeness (QED) is 0.425. The number of carbonyl (C=O) groups excluding carboxylic acids is 1. The zero-order valence-electron chi connectivity index (χ0n) is 17.4. The Hall–Kier alpha value is -2.34. The van der Waals surface area contributed by atoms with E-state index in [1.165, 1.54) is 32.1 Å². The summed E-state index contributed by atoms with van der Waals surface area (Å²) in [7, 11) is -3.63. The molecule has 0 aliphatic heterocycles. The average Bonchev–Trinajstić information content (AvgIpc) is 2.69. The maximum Gasteiger partial charge on any atom is 0.261 e. The number of sulfonamides is 1. The summed E-state index contributed by atoms with van der Waals surface area (Å²) in [5, 5.41) is 2.86. The summed E-state index contributed by atoms with van der Waals surface area (Å²) in [6, 6.07) is 13.4. The Morgan fingerprint density at radius 3 is 1.97 bits per heavy atom. The molecule has 0 aromatic heterocycles. The Balaban J connectivity index is 1.78. The fourth-order valence-electron chi connectivity index (χ4n) is 3.02. The molecular weight excluding hydrogens is 384 g/mol. The fraction of sp³-hybridized carbons (Fsp3) is 0.435. The molecule has 2 rings (SSSR count). The minimum Gasteiger partial charge on any atom is -0.326 e. The van der Waals surface area contributed by atoms with Gasteiger partial charge in [-0.25, -0.2) is 8.42 Å². The van der Waals surface area contributed by atoms with Crippen LogP contribution in [0.2, 0.25) is 0 Å². The van der Waals surface area contributed by atoms with Crippen LogP contribution in [-0.4, -0.2) is 14.3 Å². The molecule has 0 bridgehead atoms. The summed E-state index contributed by atoms with van der Waals surface area (Å²) >= 11 is 0. The minimum atomic E-state index is -3.63. The van der Waals surface area contributed by atoms with Gasteiger partial charge in [0, 0.05) is 17.8 Å². The van der Waals surface area contributed by atoms with E-state index in [0.29, 0.717) is 17.8 Å². The Labute approximate surface area is 175 Å². The predicted octanol–water partition coefficient (Wildman–Crippen LogP) is 5.88. The van der Waals surface area contributed by atoms with Gasteiger partial charge in [0.2, 0.25) is 5.91 Å². The highest BCUT2D eigenvalue weighted by molar-refractivity contribution is 7.92. The van der Waals surface area contributed by atoms with E-state index in [0.717, 1.165) is 18.4 Å². The number of nitrogens with one attached hydrogen (secondary N) is 2. The number of unbranched alkanes of at least 4 members (excludes halogenated alkanes) is 6. The molecule has 0 spiro atoms. The van der Waals surface area contributed by atoms with Crippen molar-refractivity contribution < 1.29 is 13.2 Å². The van der Waals surface area contributed by atoms with E-state index < -0.39 is 10.0 Å². The van der Waals surface area contributed by atoms with Gasteiger partial charge in [-0.1, -0.05) is 63.1 Å². The van der Waals surface area contributed by atoms with Crippen LogP contribution >= 0.6 is 0 Å². The molecule has 0 unspecified atom stereocenters. The second kappa shape index (κ2) is 11.6. The van der Waals surface area contributed by atoms with Crippen molar-refractivity contribution >= 4 is 27.3 Å². The second-order valence-corrected chi connectivity index (χ2v) is 9.10. The van der Waals surface area contributed by atoms with Gasteiger partial charge in [-0.05, 0) is 49.7 Å². The molecule has 0 fully saturated rings. The van der Waals surface area contributed by atoms with E-state index in [1.54, 1.807) is 48.5 Å².